The number of fused-ring (bicyclic) bond motifs is 8. The van der Waals surface area contributed by atoms with Crippen LogP contribution in [0.2, 0.25) is 0 Å². The Morgan fingerprint density at radius 2 is 0.936 bits per heavy atom. The number of anilines is 8. The maximum atomic E-state index is 2.83. The molecule has 0 saturated heterocycles. The first-order chi connectivity index (χ1) is 37.4. The van der Waals surface area contributed by atoms with E-state index < -0.39 is 0 Å². The van der Waals surface area contributed by atoms with Crippen molar-refractivity contribution >= 4 is 68.6 Å². The van der Waals surface area contributed by atoms with Gasteiger partial charge in [0.1, 0.15) is 0 Å². The second-order valence-electron chi connectivity index (χ2n) is 26.9. The highest BCUT2D eigenvalue weighted by Gasteiger charge is 2.64. The molecule has 386 valence electrons. The van der Waals surface area contributed by atoms with Gasteiger partial charge in [0.05, 0.1) is 11.2 Å². The molecule has 78 heavy (non-hydrogen) atoms. The fourth-order valence-corrected chi connectivity index (χ4v) is 15.4. The number of benzene rings is 9. The molecule has 2 aliphatic carbocycles. The van der Waals surface area contributed by atoms with Gasteiger partial charge in [-0.2, -0.15) is 0 Å². The highest BCUT2D eigenvalue weighted by molar-refractivity contribution is 7.00. The zero-order valence-electron chi connectivity index (χ0n) is 47.4. The molecule has 5 aliphatic rings. The first-order valence-corrected chi connectivity index (χ1v) is 28.8. The minimum atomic E-state index is -0.212. The van der Waals surface area contributed by atoms with Crippen molar-refractivity contribution < 1.29 is 0 Å². The summed E-state index contributed by atoms with van der Waals surface area (Å²) in [6, 6.07) is 75.2. The lowest BCUT2D eigenvalue weighted by Gasteiger charge is -2.47. The van der Waals surface area contributed by atoms with Gasteiger partial charge >= 0.3 is 0 Å². The van der Waals surface area contributed by atoms with Crippen LogP contribution in [0.5, 0.6) is 0 Å². The number of rotatable bonds is 6. The summed E-state index contributed by atoms with van der Waals surface area (Å²) in [4.78, 5) is 8.19. The summed E-state index contributed by atoms with van der Waals surface area (Å²) in [6.07, 6.45) is 5.59. The first kappa shape index (κ1) is 48.8. The van der Waals surface area contributed by atoms with E-state index >= 15 is 0 Å². The molecule has 0 amide bonds. The van der Waals surface area contributed by atoms with E-state index in [0.717, 1.165) is 31.4 Å². The molecule has 3 nitrogen and oxygen atoms in total. The molecule has 2 atom stereocenters. The normalized spacial score (nSPS) is 19.5. The predicted octanol–water partition coefficient (Wildman–Crippen LogP) is 17.8. The van der Waals surface area contributed by atoms with Crippen molar-refractivity contribution in [3.63, 3.8) is 0 Å². The summed E-state index contributed by atoms with van der Waals surface area (Å²) in [6.45, 7) is 24.3. The van der Waals surface area contributed by atoms with Gasteiger partial charge in [0, 0.05) is 50.8 Å². The van der Waals surface area contributed by atoms with Crippen LogP contribution in [0.1, 0.15) is 116 Å². The lowest BCUT2D eigenvalue weighted by Crippen LogP contribution is -2.61. The van der Waals surface area contributed by atoms with Crippen molar-refractivity contribution in [1.82, 2.24) is 0 Å². The van der Waals surface area contributed by atoms with Crippen LogP contribution in [-0.4, -0.2) is 12.3 Å². The van der Waals surface area contributed by atoms with E-state index in [9.17, 15) is 0 Å². The maximum Gasteiger partial charge on any atom is 0.252 e. The van der Waals surface area contributed by atoms with E-state index in [2.05, 4.69) is 278 Å². The van der Waals surface area contributed by atoms with Gasteiger partial charge in [-0.05, 0) is 182 Å². The summed E-state index contributed by atoms with van der Waals surface area (Å²) in [5, 5.41) is 0. The SMILES string of the molecule is CC1(C)CC2(C)c3cc(C(C)(C)C)ccc3N(c3cc4c5c(c3)N(c3ccc(C(C)(C)C)cc3-c3ccccc3)c3cc6c(cc3B5c3cc(-c5ccccc5)ccc3N4c3ccc(-c4ccccc4)cc3)CCC6)C2(C)C1. The van der Waals surface area contributed by atoms with Gasteiger partial charge in [0.2, 0.25) is 0 Å². The van der Waals surface area contributed by atoms with Crippen LogP contribution in [-0.2, 0) is 29.1 Å². The molecule has 0 bridgehead atoms. The van der Waals surface area contributed by atoms with Crippen molar-refractivity contribution in [1.29, 1.82) is 0 Å². The average Bonchev–Trinajstić information content (AvgIpc) is 2.28. The molecule has 1 fully saturated rings. The van der Waals surface area contributed by atoms with Gasteiger partial charge in [0.25, 0.3) is 6.71 Å². The number of aryl methyl sites for hydroxylation is 2. The fourth-order valence-electron chi connectivity index (χ4n) is 15.4. The maximum absolute atomic E-state index is 2.83. The van der Waals surface area contributed by atoms with Crippen molar-refractivity contribution in [3.05, 3.63) is 222 Å². The predicted molar refractivity (Wildman–Crippen MR) is 334 cm³/mol. The van der Waals surface area contributed by atoms with Gasteiger partial charge in [-0.3, -0.25) is 0 Å². The highest BCUT2D eigenvalue weighted by Crippen LogP contribution is 2.67. The van der Waals surface area contributed by atoms with Gasteiger partial charge < -0.3 is 14.7 Å². The van der Waals surface area contributed by atoms with Gasteiger partial charge in [-0.25, -0.2) is 0 Å². The van der Waals surface area contributed by atoms with Crippen LogP contribution in [0.15, 0.2) is 194 Å². The number of hydrogen-bond acceptors (Lipinski definition) is 3. The van der Waals surface area contributed by atoms with E-state index in [1.807, 2.05) is 0 Å². The molecule has 9 aromatic rings. The lowest BCUT2D eigenvalue weighted by atomic mass is 9.33. The third-order valence-corrected chi connectivity index (χ3v) is 19.1. The Morgan fingerprint density at radius 1 is 0.410 bits per heavy atom. The second kappa shape index (κ2) is 17.2. The molecular weight excluding hydrogens is 942 g/mol. The van der Waals surface area contributed by atoms with Crippen LogP contribution in [0.3, 0.4) is 0 Å². The van der Waals surface area contributed by atoms with E-state index in [0.29, 0.717) is 0 Å². The van der Waals surface area contributed by atoms with E-state index in [1.165, 1.54) is 124 Å². The quantitative estimate of drug-likeness (QED) is 0.154. The Morgan fingerprint density at radius 3 is 1.58 bits per heavy atom. The Bertz CT molecular complexity index is 3860. The molecule has 4 heteroatoms. The molecule has 3 aliphatic heterocycles. The molecule has 0 radical (unpaired) electrons. The Labute approximate surface area is 464 Å². The largest absolute Gasteiger partial charge is 0.334 e. The Hall–Kier alpha value is -7.56. The Kier molecular flexibility index (Phi) is 10.8. The molecule has 0 aromatic heterocycles. The van der Waals surface area contributed by atoms with Gasteiger partial charge in [-0.15, -0.1) is 0 Å². The highest BCUT2D eigenvalue weighted by atomic mass is 15.3. The smallest absolute Gasteiger partial charge is 0.252 e. The molecule has 1 saturated carbocycles. The van der Waals surface area contributed by atoms with Crippen LogP contribution in [0.4, 0.5) is 45.5 Å². The van der Waals surface area contributed by atoms with Gasteiger partial charge in [-0.1, -0.05) is 202 Å². The third-order valence-electron chi connectivity index (χ3n) is 19.1. The summed E-state index contributed by atoms with van der Waals surface area (Å²) in [5.41, 5.74) is 28.5. The first-order valence-electron chi connectivity index (χ1n) is 28.8. The monoisotopic (exact) mass is 1010 g/mol. The van der Waals surface area contributed by atoms with Crippen LogP contribution >= 0.6 is 0 Å². The summed E-state index contributed by atoms with van der Waals surface area (Å²) >= 11 is 0. The zero-order valence-corrected chi connectivity index (χ0v) is 47.4. The van der Waals surface area contributed by atoms with Crippen molar-refractivity contribution in [2.45, 2.75) is 123 Å². The number of nitrogens with zero attached hydrogens (tertiary/aromatic N) is 3. The van der Waals surface area contributed by atoms with Crippen LogP contribution in [0.25, 0.3) is 33.4 Å². The second-order valence-corrected chi connectivity index (χ2v) is 26.9. The summed E-state index contributed by atoms with van der Waals surface area (Å²) in [7, 11) is 0. The number of hydrogen-bond donors (Lipinski definition) is 0. The van der Waals surface area contributed by atoms with Gasteiger partial charge in [0.15, 0.2) is 0 Å². The van der Waals surface area contributed by atoms with Crippen molar-refractivity contribution in [2.24, 2.45) is 5.41 Å². The third kappa shape index (κ3) is 7.45. The lowest BCUT2D eigenvalue weighted by molar-refractivity contribution is 0.330. The minimum Gasteiger partial charge on any atom is -0.334 e. The molecule has 3 heterocycles. The summed E-state index contributed by atoms with van der Waals surface area (Å²) < 4.78 is 0. The molecule has 2 unspecified atom stereocenters. The molecule has 9 aromatic carbocycles. The van der Waals surface area contributed by atoms with E-state index in [-0.39, 0.29) is 33.9 Å². The molecule has 14 rings (SSSR count). The van der Waals surface area contributed by atoms with Crippen LogP contribution in [0, 0.1) is 5.41 Å². The van der Waals surface area contributed by atoms with Crippen molar-refractivity contribution in [3.8, 4) is 33.4 Å². The standard InChI is InChI=1S/C74H72BN3/c1-70(2,3)55-32-37-63(59(42-55)51-25-18-13-19-26-51)77-66-41-53-28-20-27-52(53)39-62(66)75-61-40-54(49-23-16-12-17-24-49)31-36-65(61)76(57-34-29-50(30-35-57)48-21-14-11-15-22-48)67-44-58(45-68(77)69(67)75)78-64-38-33-56(71(4,5)6)43-60(64)73(9)46-72(7,8)47-74(73,78)10/h11-19,21-26,29-45H,20,27-28,46-47H2,1-10H3. The van der Waals surface area contributed by atoms with Crippen LogP contribution < -0.4 is 31.1 Å². The van der Waals surface area contributed by atoms with E-state index in [4.69, 9.17) is 0 Å². The van der Waals surface area contributed by atoms with E-state index in [1.54, 1.807) is 0 Å². The molecule has 0 N–H and O–H groups in total. The Balaban J connectivity index is 1.11. The molecule has 0 spiro atoms. The topological polar surface area (TPSA) is 9.72 Å². The average molecular weight is 1010 g/mol. The minimum absolute atomic E-state index is 0.0196. The van der Waals surface area contributed by atoms with Crippen molar-refractivity contribution in [2.75, 3.05) is 14.7 Å². The zero-order chi connectivity index (χ0) is 53.7. The molecular formula is C74H72BN3. The fraction of sp³-hybridized carbons (Fsp3) is 0.270. The summed E-state index contributed by atoms with van der Waals surface area (Å²) in [5.74, 6) is 0.